The van der Waals surface area contributed by atoms with Gasteiger partial charge < -0.3 is 20.1 Å². The Morgan fingerprint density at radius 2 is 1.10 bits per heavy atom. The van der Waals surface area contributed by atoms with Gasteiger partial charge in [0, 0.05) is 19.4 Å². The molecule has 0 spiro atoms. The van der Waals surface area contributed by atoms with E-state index in [9.17, 15) is 24.2 Å². The molecule has 2 atom stereocenters. The monoisotopic (exact) mass is 742 g/mol. The van der Waals surface area contributed by atoms with Gasteiger partial charge in [0.05, 0.1) is 13.2 Å². The third kappa shape index (κ3) is 39.3. The summed E-state index contributed by atoms with van der Waals surface area (Å²) < 4.78 is 26.8. The number of esters is 1. The quantitative estimate of drug-likeness (QED) is 0.0247. The first-order valence-electron chi connectivity index (χ1n) is 20.5. The number of hydrogen-bond donors (Lipinski definition) is 3. The molecule has 51 heavy (non-hydrogen) atoms. The molecule has 3 N–H and O–H groups in total. The number of unbranched alkanes of at least 4 members (excludes halogenated alkanes) is 19. The van der Waals surface area contributed by atoms with Crippen molar-refractivity contribution in [3.8, 4) is 0 Å². The number of carbonyl (C=O) groups excluding carboxylic acids is 2. The van der Waals surface area contributed by atoms with E-state index in [-0.39, 0.29) is 32.1 Å². The molecule has 0 aromatic carbocycles. The van der Waals surface area contributed by atoms with Crippen LogP contribution in [0.5, 0.6) is 0 Å². The predicted molar refractivity (Wildman–Crippen MR) is 211 cm³/mol. The second-order valence-electron chi connectivity index (χ2n) is 13.6. The number of aliphatic hydroxyl groups excluding tert-OH is 1. The van der Waals surface area contributed by atoms with E-state index in [1.807, 2.05) is 0 Å². The molecule has 9 nitrogen and oxygen atoms in total. The highest BCUT2D eigenvalue weighted by Gasteiger charge is 2.23. The van der Waals surface area contributed by atoms with E-state index >= 15 is 0 Å². The van der Waals surface area contributed by atoms with Crippen LogP contribution in [0.25, 0.3) is 0 Å². The lowest BCUT2D eigenvalue weighted by Gasteiger charge is -2.15. The average Bonchev–Trinajstić information content (AvgIpc) is 3.11. The van der Waals surface area contributed by atoms with Crippen molar-refractivity contribution in [1.82, 2.24) is 5.32 Å². The summed E-state index contributed by atoms with van der Waals surface area (Å²) in [6, 6.07) is 0. The summed E-state index contributed by atoms with van der Waals surface area (Å²) in [4.78, 5) is 33.8. The molecule has 0 radical (unpaired) electrons. The van der Waals surface area contributed by atoms with Crippen LogP contribution in [0.3, 0.4) is 0 Å². The number of rotatable bonds is 38. The zero-order chi connectivity index (χ0) is 37.5. The van der Waals surface area contributed by atoms with E-state index in [0.29, 0.717) is 6.42 Å². The first-order chi connectivity index (χ1) is 24.8. The van der Waals surface area contributed by atoms with Gasteiger partial charge in [-0.05, 0) is 64.2 Å². The first kappa shape index (κ1) is 49.2. The van der Waals surface area contributed by atoms with Crippen LogP contribution < -0.4 is 5.32 Å². The Bertz CT molecular complexity index is 939. The lowest BCUT2D eigenvalue weighted by molar-refractivity contribution is -0.147. The van der Waals surface area contributed by atoms with Crippen LogP contribution >= 0.6 is 7.82 Å². The molecule has 0 fully saturated rings. The van der Waals surface area contributed by atoms with Gasteiger partial charge in [0.15, 0.2) is 0 Å². The number of carbonyl (C=O) groups is 2. The van der Waals surface area contributed by atoms with E-state index in [1.54, 1.807) is 0 Å². The lowest BCUT2D eigenvalue weighted by Crippen LogP contribution is -2.27. The van der Waals surface area contributed by atoms with Gasteiger partial charge in [-0.1, -0.05) is 140 Å². The van der Waals surface area contributed by atoms with Crippen molar-refractivity contribution in [3.05, 3.63) is 36.5 Å². The molecule has 0 saturated carbocycles. The third-order valence-electron chi connectivity index (χ3n) is 8.52. The lowest BCUT2D eigenvalue weighted by atomic mass is 10.1. The summed E-state index contributed by atoms with van der Waals surface area (Å²) in [5.41, 5.74) is 0. The fraction of sp³-hybridized carbons (Fsp3) is 0.805. The second-order valence-corrected chi connectivity index (χ2v) is 15.1. The number of nitrogens with one attached hydrogen (secondary N) is 1. The smallest absolute Gasteiger partial charge is 0.463 e. The zero-order valence-corrected chi connectivity index (χ0v) is 33.4. The first-order valence-corrected chi connectivity index (χ1v) is 22.0. The van der Waals surface area contributed by atoms with Crippen LogP contribution in [-0.2, 0) is 27.9 Å². The van der Waals surface area contributed by atoms with Gasteiger partial charge in [-0.15, -0.1) is 0 Å². The van der Waals surface area contributed by atoms with E-state index in [4.69, 9.17) is 13.8 Å². The SMILES string of the molecule is CCC/C=C\C/C=C\CCCCCCCC(=O)OCC(O)COP(=O)(O)OCCNC(=O)CCCCCCCCC/C=C\CCCCCCCC. The minimum Gasteiger partial charge on any atom is -0.463 e. The van der Waals surface area contributed by atoms with Gasteiger partial charge in [0.2, 0.25) is 5.91 Å². The Labute approximate surface area is 312 Å². The molecule has 0 aromatic heterocycles. The van der Waals surface area contributed by atoms with Gasteiger partial charge in [-0.3, -0.25) is 18.6 Å². The van der Waals surface area contributed by atoms with Crippen LogP contribution in [0.2, 0.25) is 0 Å². The second kappa shape index (κ2) is 38.0. The maximum Gasteiger partial charge on any atom is 0.472 e. The number of allylic oxidation sites excluding steroid dienone is 6. The standard InChI is InChI=1S/C41H76NO8P/c1-3-5-7-9-11-13-15-17-18-19-20-22-23-25-27-29-31-33-40(44)42-35-36-49-51(46,47)50-38-39(43)37-48-41(45)34-32-30-28-26-24-21-16-14-12-10-8-6-4-2/h8,10,14,16-18,39,43H,3-7,9,11-13,15,19-38H2,1-2H3,(H,42,44)(H,46,47)/b10-8-,16-14-,18-17-. The molecule has 0 heterocycles. The molecule has 298 valence electrons. The summed E-state index contributed by atoms with van der Waals surface area (Å²) in [7, 11) is -4.42. The fourth-order valence-electron chi connectivity index (χ4n) is 5.41. The fourth-order valence-corrected chi connectivity index (χ4v) is 6.17. The van der Waals surface area contributed by atoms with Gasteiger partial charge in [-0.2, -0.15) is 0 Å². The molecule has 0 bridgehead atoms. The Morgan fingerprint density at radius 3 is 1.67 bits per heavy atom. The van der Waals surface area contributed by atoms with Crippen molar-refractivity contribution in [3.63, 3.8) is 0 Å². The molecule has 0 aliphatic heterocycles. The third-order valence-corrected chi connectivity index (χ3v) is 9.51. The molecular weight excluding hydrogens is 665 g/mol. The topological polar surface area (TPSA) is 131 Å². The van der Waals surface area contributed by atoms with E-state index < -0.39 is 26.5 Å². The Hall–Kier alpha value is -1.77. The molecule has 1 amide bonds. The number of hydrogen-bond acceptors (Lipinski definition) is 7. The van der Waals surface area contributed by atoms with Crippen molar-refractivity contribution < 1.29 is 37.9 Å². The zero-order valence-electron chi connectivity index (χ0n) is 32.5. The molecule has 0 saturated heterocycles. The van der Waals surface area contributed by atoms with Crippen molar-refractivity contribution in [2.24, 2.45) is 0 Å². The Balaban J connectivity index is 3.62. The summed E-state index contributed by atoms with van der Waals surface area (Å²) in [5.74, 6) is -0.536. The number of amides is 1. The van der Waals surface area contributed by atoms with E-state index in [1.165, 1.54) is 83.5 Å². The number of phosphoric ester groups is 1. The highest BCUT2D eigenvalue weighted by Crippen LogP contribution is 2.42. The van der Waals surface area contributed by atoms with Gasteiger partial charge in [0.25, 0.3) is 0 Å². The van der Waals surface area contributed by atoms with Crippen LogP contribution in [0.1, 0.15) is 181 Å². The number of phosphoric acid groups is 1. The number of ether oxygens (including phenoxy) is 1. The summed E-state index contributed by atoms with van der Waals surface area (Å²) >= 11 is 0. The van der Waals surface area contributed by atoms with E-state index in [0.717, 1.165) is 70.6 Å². The molecule has 0 rings (SSSR count). The van der Waals surface area contributed by atoms with Crippen molar-refractivity contribution in [2.75, 3.05) is 26.4 Å². The summed E-state index contributed by atoms with van der Waals surface area (Å²) in [5, 5.41) is 12.7. The van der Waals surface area contributed by atoms with Crippen molar-refractivity contribution in [2.45, 2.75) is 187 Å². The molecular formula is C41H76NO8P. The van der Waals surface area contributed by atoms with Crippen LogP contribution in [0.4, 0.5) is 0 Å². The van der Waals surface area contributed by atoms with Crippen LogP contribution in [0.15, 0.2) is 36.5 Å². The highest BCUT2D eigenvalue weighted by atomic mass is 31.2. The van der Waals surface area contributed by atoms with Crippen LogP contribution in [-0.4, -0.2) is 54.3 Å². The predicted octanol–water partition coefficient (Wildman–Crippen LogP) is 11.0. The highest BCUT2D eigenvalue weighted by molar-refractivity contribution is 7.47. The summed E-state index contributed by atoms with van der Waals surface area (Å²) in [6.07, 6.45) is 40.7. The maximum atomic E-state index is 12.1. The largest absolute Gasteiger partial charge is 0.472 e. The maximum absolute atomic E-state index is 12.1. The molecule has 0 aromatic rings. The molecule has 10 heteroatoms. The molecule has 0 aliphatic carbocycles. The van der Waals surface area contributed by atoms with Gasteiger partial charge in [0.1, 0.15) is 12.7 Å². The molecule has 2 unspecified atom stereocenters. The summed E-state index contributed by atoms with van der Waals surface area (Å²) in [6.45, 7) is 3.46. The Morgan fingerprint density at radius 1 is 0.608 bits per heavy atom. The van der Waals surface area contributed by atoms with Gasteiger partial charge in [-0.25, -0.2) is 4.57 Å². The minimum atomic E-state index is -4.42. The number of aliphatic hydroxyl groups is 1. The normalized spacial score (nSPS) is 13.7. The van der Waals surface area contributed by atoms with Crippen LogP contribution in [0, 0.1) is 0 Å². The van der Waals surface area contributed by atoms with Gasteiger partial charge >= 0.3 is 13.8 Å². The van der Waals surface area contributed by atoms with E-state index in [2.05, 4.69) is 55.6 Å². The molecule has 0 aliphatic rings. The Kier molecular flexibility index (Phi) is 36.7. The minimum absolute atomic E-state index is 0.0778. The van der Waals surface area contributed by atoms with Crippen molar-refractivity contribution >= 4 is 19.7 Å². The average molecular weight is 742 g/mol. The van der Waals surface area contributed by atoms with Crippen molar-refractivity contribution in [1.29, 1.82) is 0 Å².